The summed E-state index contributed by atoms with van der Waals surface area (Å²) in [4.78, 5) is 33.5. The fraction of sp³-hybridized carbons (Fsp3) is 0.389. The molecular weight excluding hydrogens is 350 g/mol. The molecular formula is C18H23N5O4. The third kappa shape index (κ3) is 4.76. The van der Waals surface area contributed by atoms with Crippen LogP contribution >= 0.6 is 0 Å². The molecule has 2 aromatic rings. The smallest absolute Gasteiger partial charge is 0.344 e. The fourth-order valence-corrected chi connectivity index (χ4v) is 2.99. The summed E-state index contributed by atoms with van der Waals surface area (Å²) in [5.74, 6) is 0.273. The van der Waals surface area contributed by atoms with Gasteiger partial charge in [0, 0.05) is 44.4 Å². The minimum atomic E-state index is -0.997. The summed E-state index contributed by atoms with van der Waals surface area (Å²) in [6, 6.07) is 8.91. The number of hydrogen-bond donors (Lipinski definition) is 3. The molecule has 1 fully saturated rings. The predicted molar refractivity (Wildman–Crippen MR) is 101 cm³/mol. The largest absolute Gasteiger partial charge is 0.479 e. The average Bonchev–Trinajstić information content (AvgIpc) is 2.63. The molecule has 0 saturated carbocycles. The molecule has 1 atom stereocenters. The Labute approximate surface area is 156 Å². The molecule has 1 aromatic carbocycles. The normalized spacial score (nSPS) is 16.1. The van der Waals surface area contributed by atoms with Gasteiger partial charge in [0.05, 0.1) is 0 Å². The summed E-state index contributed by atoms with van der Waals surface area (Å²) < 4.78 is 5.57. The van der Waals surface area contributed by atoms with E-state index in [4.69, 9.17) is 15.6 Å². The molecule has 1 aromatic heterocycles. The van der Waals surface area contributed by atoms with E-state index in [1.807, 2.05) is 23.1 Å². The Kier molecular flexibility index (Phi) is 5.60. The van der Waals surface area contributed by atoms with E-state index in [1.54, 1.807) is 6.07 Å². The number of piperazine rings is 1. The van der Waals surface area contributed by atoms with Gasteiger partial charge in [-0.05, 0) is 13.0 Å². The van der Waals surface area contributed by atoms with Gasteiger partial charge in [0.1, 0.15) is 11.6 Å². The molecule has 0 spiro atoms. The number of para-hydroxylation sites is 1. The molecule has 0 unspecified atom stereocenters. The van der Waals surface area contributed by atoms with E-state index in [2.05, 4.69) is 14.9 Å². The van der Waals surface area contributed by atoms with E-state index >= 15 is 0 Å². The quantitative estimate of drug-likeness (QED) is 0.670. The van der Waals surface area contributed by atoms with Crippen LogP contribution in [0.25, 0.3) is 0 Å². The Morgan fingerprint density at radius 1 is 1.33 bits per heavy atom. The van der Waals surface area contributed by atoms with Gasteiger partial charge in [0.2, 0.25) is 5.95 Å². The zero-order valence-electron chi connectivity index (χ0n) is 15.1. The standard InChI is InChI=1S/C18H23N5O4/c1-12(17(25)26)27-14-5-3-2-4-13(14)11-22-6-8-23(9-7-22)15-10-16(24)21-18(19)20-15/h2-5,10,12H,6-9,11H2,1H3,(H,25,26)(H3,19,20,21,24)/t12-/m0/s1. The zero-order valence-corrected chi connectivity index (χ0v) is 15.1. The number of nitrogens with two attached hydrogens (primary N) is 1. The van der Waals surface area contributed by atoms with Gasteiger partial charge in [0.15, 0.2) is 6.10 Å². The van der Waals surface area contributed by atoms with Crippen molar-refractivity contribution < 1.29 is 14.6 Å². The van der Waals surface area contributed by atoms with Crippen LogP contribution < -0.4 is 20.9 Å². The lowest BCUT2D eigenvalue weighted by Crippen LogP contribution is -2.46. The Morgan fingerprint density at radius 3 is 2.70 bits per heavy atom. The number of nitrogens with zero attached hydrogens (tertiary/aromatic N) is 3. The number of carboxylic acids is 1. The first-order chi connectivity index (χ1) is 12.9. The molecule has 2 heterocycles. The molecule has 1 aliphatic rings. The predicted octanol–water partition coefficient (Wildman–Crippen LogP) is 0.526. The highest BCUT2D eigenvalue weighted by Crippen LogP contribution is 2.22. The van der Waals surface area contributed by atoms with Crippen molar-refractivity contribution in [2.45, 2.75) is 19.6 Å². The molecule has 1 saturated heterocycles. The number of aliphatic carboxylic acids is 1. The highest BCUT2D eigenvalue weighted by molar-refractivity contribution is 5.72. The molecule has 9 nitrogen and oxygen atoms in total. The minimum absolute atomic E-state index is 0.110. The first kappa shape index (κ1) is 18.7. The van der Waals surface area contributed by atoms with E-state index in [0.717, 1.165) is 18.7 Å². The summed E-state index contributed by atoms with van der Waals surface area (Å²) in [5.41, 5.74) is 6.29. The van der Waals surface area contributed by atoms with Crippen molar-refractivity contribution in [3.8, 4) is 5.75 Å². The first-order valence-corrected chi connectivity index (χ1v) is 8.74. The Morgan fingerprint density at radius 2 is 2.04 bits per heavy atom. The molecule has 0 radical (unpaired) electrons. The maximum Gasteiger partial charge on any atom is 0.344 e. The van der Waals surface area contributed by atoms with Crippen LogP contribution in [0.5, 0.6) is 5.75 Å². The third-order valence-corrected chi connectivity index (χ3v) is 4.46. The maximum absolute atomic E-state index is 11.6. The molecule has 1 aliphatic heterocycles. The Bertz CT molecular complexity index is 861. The number of nitrogens with one attached hydrogen (secondary N) is 1. The van der Waals surface area contributed by atoms with Gasteiger partial charge in [-0.1, -0.05) is 18.2 Å². The van der Waals surface area contributed by atoms with E-state index in [-0.39, 0.29) is 11.5 Å². The number of H-pyrrole nitrogens is 1. The lowest BCUT2D eigenvalue weighted by molar-refractivity contribution is -0.144. The molecule has 0 aliphatic carbocycles. The van der Waals surface area contributed by atoms with Crippen molar-refractivity contribution in [3.63, 3.8) is 0 Å². The lowest BCUT2D eigenvalue weighted by atomic mass is 10.1. The second kappa shape index (κ2) is 8.09. The fourth-order valence-electron chi connectivity index (χ4n) is 2.99. The van der Waals surface area contributed by atoms with Gasteiger partial charge in [-0.15, -0.1) is 0 Å². The Balaban J connectivity index is 1.63. The van der Waals surface area contributed by atoms with Crippen molar-refractivity contribution in [1.29, 1.82) is 0 Å². The number of carboxylic acid groups (broad SMARTS) is 1. The maximum atomic E-state index is 11.6. The summed E-state index contributed by atoms with van der Waals surface area (Å²) >= 11 is 0. The highest BCUT2D eigenvalue weighted by Gasteiger charge is 2.21. The van der Waals surface area contributed by atoms with Crippen LogP contribution in [0, 0.1) is 0 Å². The molecule has 27 heavy (non-hydrogen) atoms. The summed E-state index contributed by atoms with van der Waals surface area (Å²) in [6.45, 7) is 5.14. The van der Waals surface area contributed by atoms with E-state index in [9.17, 15) is 9.59 Å². The molecule has 0 amide bonds. The van der Waals surface area contributed by atoms with Gasteiger partial charge in [0.25, 0.3) is 5.56 Å². The number of ether oxygens (including phenoxy) is 1. The van der Waals surface area contributed by atoms with Crippen LogP contribution in [-0.2, 0) is 11.3 Å². The zero-order chi connectivity index (χ0) is 19.4. The number of anilines is 2. The van der Waals surface area contributed by atoms with Crippen LogP contribution in [0.3, 0.4) is 0 Å². The van der Waals surface area contributed by atoms with Gasteiger partial charge >= 0.3 is 5.97 Å². The molecule has 144 valence electrons. The summed E-state index contributed by atoms with van der Waals surface area (Å²) in [7, 11) is 0. The number of aromatic nitrogens is 2. The molecule has 4 N–H and O–H groups in total. The SMILES string of the molecule is C[C@H](Oc1ccccc1CN1CCN(c2cc(=O)[nH]c(N)n2)CC1)C(=O)O. The number of benzene rings is 1. The van der Waals surface area contributed by atoms with Crippen LogP contribution in [-0.4, -0.2) is 58.2 Å². The molecule has 0 bridgehead atoms. The number of nitrogen functional groups attached to an aromatic ring is 1. The van der Waals surface area contributed by atoms with Gasteiger partial charge in [-0.25, -0.2) is 4.79 Å². The average molecular weight is 373 g/mol. The van der Waals surface area contributed by atoms with Gasteiger partial charge in [-0.2, -0.15) is 4.98 Å². The van der Waals surface area contributed by atoms with E-state index in [0.29, 0.717) is 31.2 Å². The van der Waals surface area contributed by atoms with Crippen molar-refractivity contribution in [1.82, 2.24) is 14.9 Å². The van der Waals surface area contributed by atoms with Crippen LogP contribution in [0.15, 0.2) is 35.1 Å². The number of hydrogen-bond acceptors (Lipinski definition) is 7. The van der Waals surface area contributed by atoms with Crippen LogP contribution in [0.2, 0.25) is 0 Å². The minimum Gasteiger partial charge on any atom is -0.479 e. The monoisotopic (exact) mass is 373 g/mol. The van der Waals surface area contributed by atoms with Crippen molar-refractivity contribution >= 4 is 17.7 Å². The highest BCUT2D eigenvalue weighted by atomic mass is 16.5. The topological polar surface area (TPSA) is 125 Å². The second-order valence-electron chi connectivity index (χ2n) is 6.46. The second-order valence-corrected chi connectivity index (χ2v) is 6.46. The van der Waals surface area contributed by atoms with Crippen molar-refractivity contribution in [3.05, 3.63) is 46.2 Å². The summed E-state index contributed by atoms with van der Waals surface area (Å²) in [5, 5.41) is 9.05. The van der Waals surface area contributed by atoms with Gasteiger partial charge < -0.3 is 20.5 Å². The third-order valence-electron chi connectivity index (χ3n) is 4.46. The van der Waals surface area contributed by atoms with Crippen LogP contribution in [0.1, 0.15) is 12.5 Å². The lowest BCUT2D eigenvalue weighted by Gasteiger charge is -2.35. The van der Waals surface area contributed by atoms with Crippen molar-refractivity contribution in [2.24, 2.45) is 0 Å². The Hall–Kier alpha value is -3.07. The number of aromatic amines is 1. The van der Waals surface area contributed by atoms with E-state index < -0.39 is 12.1 Å². The van der Waals surface area contributed by atoms with Crippen LogP contribution in [0.4, 0.5) is 11.8 Å². The number of carbonyl (C=O) groups is 1. The molecule has 3 rings (SSSR count). The molecule has 9 heteroatoms. The van der Waals surface area contributed by atoms with Crippen molar-refractivity contribution in [2.75, 3.05) is 36.8 Å². The first-order valence-electron chi connectivity index (χ1n) is 8.74. The van der Waals surface area contributed by atoms with E-state index in [1.165, 1.54) is 13.0 Å². The number of rotatable bonds is 6. The summed E-state index contributed by atoms with van der Waals surface area (Å²) in [6.07, 6.45) is -0.907. The van der Waals surface area contributed by atoms with Gasteiger partial charge in [-0.3, -0.25) is 14.7 Å².